The van der Waals surface area contributed by atoms with Crippen LogP contribution < -0.4 is 0 Å². The Kier molecular flexibility index (Phi) is 5.26. The maximum atomic E-state index is 13.3. The van der Waals surface area contributed by atoms with Gasteiger partial charge in [0.1, 0.15) is 5.75 Å². The van der Waals surface area contributed by atoms with Gasteiger partial charge in [-0.1, -0.05) is 13.3 Å². The molecule has 0 radical (unpaired) electrons. The highest BCUT2D eigenvalue weighted by Crippen LogP contribution is 2.58. The van der Waals surface area contributed by atoms with Crippen LogP contribution >= 0.6 is 0 Å². The molecule has 3 atom stereocenters. The second kappa shape index (κ2) is 6.99. The van der Waals surface area contributed by atoms with Gasteiger partial charge >= 0.3 is 5.97 Å². The lowest BCUT2D eigenvalue weighted by atomic mass is 9.49. The average Bonchev–Trinajstić information content (AvgIpc) is 2.60. The van der Waals surface area contributed by atoms with Crippen LogP contribution in [0.3, 0.4) is 0 Å². The fourth-order valence-electron chi connectivity index (χ4n) is 5.52. The molecule has 6 heteroatoms. The van der Waals surface area contributed by atoms with Gasteiger partial charge < -0.3 is 14.6 Å². The number of ketones is 1. The second-order valence-corrected chi connectivity index (χ2v) is 13.8. The van der Waals surface area contributed by atoms with Crippen molar-refractivity contribution in [3.63, 3.8) is 0 Å². The molecule has 154 valence electrons. The Balaban J connectivity index is 2.13. The first kappa shape index (κ1) is 21.1. The number of aryl methyl sites for hydroxylation is 1. The molecule has 0 unspecified atom stereocenters. The fourth-order valence-corrected chi connectivity index (χ4v) is 6.40. The zero-order chi connectivity index (χ0) is 20.9. The molecule has 1 saturated carbocycles. The maximum absolute atomic E-state index is 13.3. The van der Waals surface area contributed by atoms with E-state index < -0.39 is 13.7 Å². The molecule has 1 fully saturated rings. The topological polar surface area (TPSA) is 83.8 Å². The number of hydrogen-bond donors (Lipinski definition) is 2. The molecule has 5 nitrogen and oxygen atoms in total. The molecule has 2 aliphatic rings. The Morgan fingerprint density at radius 3 is 2.57 bits per heavy atom. The van der Waals surface area contributed by atoms with Gasteiger partial charge in [-0.2, -0.15) is 0 Å². The van der Waals surface area contributed by atoms with Crippen LogP contribution in [0, 0.1) is 11.3 Å². The monoisotopic (exact) mass is 404 g/mol. The van der Waals surface area contributed by atoms with Crippen LogP contribution in [0.25, 0.3) is 0 Å². The van der Waals surface area contributed by atoms with Gasteiger partial charge in [0.2, 0.25) is 0 Å². The van der Waals surface area contributed by atoms with Gasteiger partial charge in [-0.15, -0.1) is 0 Å². The lowest BCUT2D eigenvalue weighted by Gasteiger charge is -2.53. The van der Waals surface area contributed by atoms with E-state index in [4.69, 9.17) is 4.74 Å². The third-order valence-electron chi connectivity index (χ3n) is 7.08. The lowest BCUT2D eigenvalue weighted by molar-refractivity contribution is -0.160. The number of Topliss-reactive ketones (excluding diaryl/α,β-unsaturated/α-hetero) is 1. The van der Waals surface area contributed by atoms with Crippen molar-refractivity contribution in [2.45, 2.75) is 70.5 Å². The summed E-state index contributed by atoms with van der Waals surface area (Å²) in [5, 5.41) is 10.4. The molecule has 3 rings (SSSR count). The summed E-state index contributed by atoms with van der Waals surface area (Å²) in [6, 6.07) is 4.02. The maximum Gasteiger partial charge on any atom is 0.311 e. The quantitative estimate of drug-likeness (QED) is 0.586. The molecule has 0 aliphatic heterocycles. The van der Waals surface area contributed by atoms with Gasteiger partial charge in [-0.3, -0.25) is 9.59 Å². The highest BCUT2D eigenvalue weighted by atomic mass is 28.4. The number of rotatable bonds is 4. The summed E-state index contributed by atoms with van der Waals surface area (Å²) in [6.07, 6.45) is 3.33. The molecule has 0 amide bonds. The molecule has 0 heterocycles. The van der Waals surface area contributed by atoms with Crippen LogP contribution in [0.2, 0.25) is 19.1 Å². The minimum atomic E-state index is -2.27. The number of benzene rings is 1. The summed E-state index contributed by atoms with van der Waals surface area (Å²) >= 11 is 0. The second-order valence-electron chi connectivity index (χ2n) is 9.70. The van der Waals surface area contributed by atoms with E-state index in [1.54, 1.807) is 12.1 Å². The van der Waals surface area contributed by atoms with Crippen molar-refractivity contribution in [1.82, 2.24) is 0 Å². The summed E-state index contributed by atoms with van der Waals surface area (Å²) in [7, 11) is -0.870. The molecule has 1 aromatic carbocycles. The van der Waals surface area contributed by atoms with Crippen LogP contribution in [-0.2, 0) is 21.4 Å². The number of carbonyl (C=O) groups is 2. The molecule has 28 heavy (non-hydrogen) atoms. The normalized spacial score (nSPS) is 29.8. The van der Waals surface area contributed by atoms with E-state index in [0.717, 1.165) is 24.0 Å². The summed E-state index contributed by atoms with van der Waals surface area (Å²) in [5.41, 5.74) is 1.30. The highest BCUT2D eigenvalue weighted by molar-refractivity contribution is 6.69. The third-order valence-corrected chi connectivity index (χ3v) is 8.55. The number of fused-ring (bicyclic) bond motifs is 3. The largest absolute Gasteiger partial charge is 0.508 e. The van der Waals surface area contributed by atoms with Crippen LogP contribution in [0.4, 0.5) is 0 Å². The molecular weight excluding hydrogens is 372 g/mol. The molecule has 2 N–H and O–H groups in total. The van der Waals surface area contributed by atoms with Crippen molar-refractivity contribution >= 4 is 20.1 Å². The predicted molar refractivity (Wildman–Crippen MR) is 110 cm³/mol. The molecule has 1 aromatic rings. The molecular formula is C22H32O5Si. The lowest BCUT2D eigenvalue weighted by Crippen LogP contribution is -2.54. The number of methoxy groups -OCH3 is 1. The van der Waals surface area contributed by atoms with E-state index in [1.807, 2.05) is 20.0 Å². The van der Waals surface area contributed by atoms with Gasteiger partial charge in [-0.05, 0) is 79.9 Å². The Morgan fingerprint density at radius 1 is 1.29 bits per heavy atom. The van der Waals surface area contributed by atoms with Crippen LogP contribution in [0.15, 0.2) is 12.1 Å². The SMILES string of the molecule is COC(=O)[C@@]1(C)CCC[C@]2(C)c3cc(O)cc(CC[Si](C)(C)O)c3C(=O)C[C@@H]12. The van der Waals surface area contributed by atoms with Gasteiger partial charge in [0.05, 0.1) is 12.5 Å². The van der Waals surface area contributed by atoms with Crippen molar-refractivity contribution in [1.29, 1.82) is 0 Å². The minimum absolute atomic E-state index is 0.0296. The summed E-state index contributed by atoms with van der Waals surface area (Å²) in [6.45, 7) is 7.80. The number of phenols is 1. The van der Waals surface area contributed by atoms with E-state index in [-0.39, 0.29) is 28.8 Å². The number of esters is 1. The van der Waals surface area contributed by atoms with Crippen molar-refractivity contribution in [3.8, 4) is 5.75 Å². The zero-order valence-electron chi connectivity index (χ0n) is 17.6. The van der Waals surface area contributed by atoms with Crippen molar-refractivity contribution < 1.29 is 24.2 Å². The Bertz CT molecular complexity index is 812. The molecule has 0 saturated heterocycles. The van der Waals surface area contributed by atoms with E-state index >= 15 is 0 Å². The van der Waals surface area contributed by atoms with Gasteiger partial charge in [-0.25, -0.2) is 0 Å². The number of carbonyl (C=O) groups excluding carboxylic acids is 2. The first-order chi connectivity index (χ1) is 12.9. The third kappa shape index (κ3) is 3.41. The number of aromatic hydroxyl groups is 1. The predicted octanol–water partition coefficient (Wildman–Crippen LogP) is 3.96. The van der Waals surface area contributed by atoms with Gasteiger partial charge in [0.25, 0.3) is 0 Å². The first-order valence-corrected chi connectivity index (χ1v) is 13.3. The van der Waals surface area contributed by atoms with E-state index in [2.05, 4.69) is 6.92 Å². The zero-order valence-corrected chi connectivity index (χ0v) is 18.6. The van der Waals surface area contributed by atoms with Crippen LogP contribution in [0.5, 0.6) is 5.75 Å². The van der Waals surface area contributed by atoms with Crippen molar-refractivity contribution in [2.24, 2.45) is 11.3 Å². The highest BCUT2D eigenvalue weighted by Gasteiger charge is 2.57. The number of ether oxygens (including phenoxy) is 1. The van der Waals surface area contributed by atoms with Gasteiger partial charge in [0, 0.05) is 12.0 Å². The van der Waals surface area contributed by atoms with Gasteiger partial charge in [0.15, 0.2) is 14.1 Å². The smallest absolute Gasteiger partial charge is 0.311 e. The Morgan fingerprint density at radius 2 is 1.96 bits per heavy atom. The van der Waals surface area contributed by atoms with E-state index in [1.165, 1.54) is 7.11 Å². The summed E-state index contributed by atoms with van der Waals surface area (Å²) in [5.74, 6) is -0.235. The Hall–Kier alpha value is -1.66. The van der Waals surface area contributed by atoms with E-state index in [0.29, 0.717) is 30.9 Å². The molecule has 2 aliphatic carbocycles. The minimum Gasteiger partial charge on any atom is -0.508 e. The van der Waals surface area contributed by atoms with Crippen molar-refractivity contribution in [2.75, 3.05) is 7.11 Å². The van der Waals surface area contributed by atoms with Crippen molar-refractivity contribution in [3.05, 3.63) is 28.8 Å². The first-order valence-electron chi connectivity index (χ1n) is 10.1. The van der Waals surface area contributed by atoms with Crippen LogP contribution in [-0.4, -0.2) is 37.1 Å². The Labute approximate surface area is 168 Å². The van der Waals surface area contributed by atoms with E-state index in [9.17, 15) is 19.5 Å². The molecule has 0 aromatic heterocycles. The average molecular weight is 405 g/mol. The molecule has 0 bridgehead atoms. The number of phenolic OH excluding ortho intramolecular Hbond substituents is 1. The molecule has 0 spiro atoms. The van der Waals surface area contributed by atoms with Crippen LogP contribution in [0.1, 0.15) is 61.0 Å². The standard InChI is InChI=1S/C22H32O5Si/c1-21-8-6-9-22(2,20(25)27-3)18(21)13-17(24)19-14(7-10-28(4,5)26)11-15(23)12-16(19)21/h11-12,18,23,26H,6-10,13H2,1-5H3/t18-,21-,22+/m1/s1. The summed E-state index contributed by atoms with van der Waals surface area (Å²) in [4.78, 5) is 36.2. The fraction of sp³-hybridized carbons (Fsp3) is 0.636. The number of hydrogen-bond acceptors (Lipinski definition) is 5. The summed E-state index contributed by atoms with van der Waals surface area (Å²) < 4.78 is 5.11.